The Morgan fingerprint density at radius 3 is 2.52 bits per heavy atom. The van der Waals surface area contributed by atoms with Crippen molar-refractivity contribution in [2.45, 2.75) is 44.3 Å². The first-order valence-electron chi connectivity index (χ1n) is 9.49. The second kappa shape index (κ2) is 9.37. The standard InChI is InChI=1S/C21H27N3O3/c1-22-21(26)20(16-8-3-2-4-9-16)23-19(25)15-24(17-10-5-6-11-17)14-18-12-7-13-27-18/h2-4,7-9,12-13,17,20H,5-6,10-11,14-15H2,1H3,(H,22,26)(H,23,25). The molecular weight excluding hydrogens is 342 g/mol. The summed E-state index contributed by atoms with van der Waals surface area (Å²) in [7, 11) is 1.58. The van der Waals surface area contributed by atoms with E-state index < -0.39 is 6.04 Å². The fraction of sp³-hybridized carbons (Fsp3) is 0.429. The molecule has 2 N–H and O–H groups in total. The first kappa shape index (κ1) is 19.2. The van der Waals surface area contributed by atoms with Gasteiger partial charge in [0.1, 0.15) is 11.8 Å². The number of carbonyl (C=O) groups excluding carboxylic acids is 2. The number of hydrogen-bond acceptors (Lipinski definition) is 4. The van der Waals surface area contributed by atoms with Crippen LogP contribution in [0.5, 0.6) is 0 Å². The Hall–Kier alpha value is -2.60. The van der Waals surface area contributed by atoms with E-state index in [-0.39, 0.29) is 18.4 Å². The molecule has 1 aliphatic rings. The molecule has 0 bridgehead atoms. The summed E-state index contributed by atoms with van der Waals surface area (Å²) < 4.78 is 5.47. The van der Waals surface area contributed by atoms with Gasteiger partial charge >= 0.3 is 0 Å². The third kappa shape index (κ3) is 5.20. The van der Waals surface area contributed by atoms with Gasteiger partial charge in [-0.2, -0.15) is 0 Å². The van der Waals surface area contributed by atoms with Crippen LogP contribution < -0.4 is 10.6 Å². The highest BCUT2D eigenvalue weighted by atomic mass is 16.3. The van der Waals surface area contributed by atoms with Gasteiger partial charge in [0.2, 0.25) is 11.8 Å². The van der Waals surface area contributed by atoms with Crippen LogP contribution in [0.15, 0.2) is 53.1 Å². The second-order valence-corrected chi connectivity index (χ2v) is 6.95. The van der Waals surface area contributed by atoms with E-state index in [9.17, 15) is 9.59 Å². The molecule has 1 aromatic heterocycles. The van der Waals surface area contributed by atoms with Gasteiger partial charge in [-0.1, -0.05) is 43.2 Å². The van der Waals surface area contributed by atoms with Crippen molar-refractivity contribution in [3.63, 3.8) is 0 Å². The van der Waals surface area contributed by atoms with Crippen LogP contribution in [0.25, 0.3) is 0 Å². The molecule has 6 heteroatoms. The number of amides is 2. The second-order valence-electron chi connectivity index (χ2n) is 6.95. The summed E-state index contributed by atoms with van der Waals surface area (Å²) in [5, 5.41) is 5.53. The maximum atomic E-state index is 12.8. The molecular formula is C21H27N3O3. The number of nitrogens with zero attached hydrogens (tertiary/aromatic N) is 1. The van der Waals surface area contributed by atoms with E-state index in [0.29, 0.717) is 12.6 Å². The zero-order chi connectivity index (χ0) is 19.1. The summed E-state index contributed by atoms with van der Waals surface area (Å²) in [5.74, 6) is 0.458. The molecule has 1 fully saturated rings. The molecule has 1 unspecified atom stereocenters. The van der Waals surface area contributed by atoms with Crippen LogP contribution in [0.3, 0.4) is 0 Å². The first-order chi connectivity index (χ1) is 13.2. The summed E-state index contributed by atoms with van der Waals surface area (Å²) in [4.78, 5) is 27.2. The Balaban J connectivity index is 1.68. The van der Waals surface area contributed by atoms with E-state index in [2.05, 4.69) is 15.5 Å². The molecule has 1 atom stereocenters. The quantitative estimate of drug-likeness (QED) is 0.750. The van der Waals surface area contributed by atoms with Gasteiger partial charge in [0.25, 0.3) is 0 Å². The van der Waals surface area contributed by atoms with E-state index in [0.717, 1.165) is 24.2 Å². The number of hydrogen-bond donors (Lipinski definition) is 2. The van der Waals surface area contributed by atoms with Crippen LogP contribution in [0.1, 0.15) is 43.0 Å². The fourth-order valence-electron chi connectivity index (χ4n) is 3.67. The molecule has 2 amide bonds. The van der Waals surface area contributed by atoms with E-state index in [1.807, 2.05) is 42.5 Å². The van der Waals surface area contributed by atoms with Crippen LogP contribution in [0.4, 0.5) is 0 Å². The molecule has 144 valence electrons. The molecule has 0 radical (unpaired) electrons. The molecule has 0 saturated heterocycles. The van der Waals surface area contributed by atoms with E-state index in [1.165, 1.54) is 12.8 Å². The van der Waals surface area contributed by atoms with Gasteiger partial charge in [-0.3, -0.25) is 14.5 Å². The van der Waals surface area contributed by atoms with Gasteiger partial charge < -0.3 is 15.1 Å². The Labute approximate surface area is 159 Å². The Kier molecular flexibility index (Phi) is 6.65. The normalized spacial score (nSPS) is 15.6. The summed E-state index contributed by atoms with van der Waals surface area (Å²) >= 11 is 0. The first-order valence-corrected chi connectivity index (χ1v) is 9.49. The van der Waals surface area contributed by atoms with Crippen molar-refractivity contribution in [1.82, 2.24) is 15.5 Å². The van der Waals surface area contributed by atoms with E-state index in [1.54, 1.807) is 13.3 Å². The topological polar surface area (TPSA) is 74.6 Å². The van der Waals surface area contributed by atoms with E-state index in [4.69, 9.17) is 4.42 Å². The molecule has 2 aromatic rings. The van der Waals surface area contributed by atoms with Gasteiger partial charge in [-0.05, 0) is 30.5 Å². The van der Waals surface area contributed by atoms with Crippen LogP contribution in [-0.2, 0) is 16.1 Å². The summed E-state index contributed by atoms with van der Waals surface area (Å²) in [6.45, 7) is 0.840. The zero-order valence-corrected chi connectivity index (χ0v) is 15.7. The number of nitrogens with one attached hydrogen (secondary N) is 2. The Morgan fingerprint density at radius 2 is 1.89 bits per heavy atom. The van der Waals surface area contributed by atoms with Gasteiger partial charge in [0, 0.05) is 13.1 Å². The zero-order valence-electron chi connectivity index (χ0n) is 15.7. The molecule has 1 aromatic carbocycles. The number of rotatable bonds is 8. The van der Waals surface area contributed by atoms with Crippen molar-refractivity contribution in [1.29, 1.82) is 0 Å². The highest BCUT2D eigenvalue weighted by Gasteiger charge is 2.27. The summed E-state index contributed by atoms with van der Waals surface area (Å²) in [6.07, 6.45) is 6.20. The molecule has 3 rings (SSSR count). The molecule has 0 spiro atoms. The van der Waals surface area contributed by atoms with Crippen LogP contribution in [0.2, 0.25) is 0 Å². The lowest BCUT2D eigenvalue weighted by Gasteiger charge is -2.28. The summed E-state index contributed by atoms with van der Waals surface area (Å²) in [6, 6.07) is 12.8. The lowest BCUT2D eigenvalue weighted by atomic mass is 10.1. The van der Waals surface area contributed by atoms with Crippen molar-refractivity contribution in [3.05, 3.63) is 60.1 Å². The van der Waals surface area contributed by atoms with Crippen molar-refractivity contribution >= 4 is 11.8 Å². The van der Waals surface area contributed by atoms with Gasteiger partial charge in [-0.25, -0.2) is 0 Å². The van der Waals surface area contributed by atoms with Gasteiger partial charge in [0.15, 0.2) is 0 Å². The molecule has 1 heterocycles. The predicted molar refractivity (Wildman–Crippen MR) is 103 cm³/mol. The smallest absolute Gasteiger partial charge is 0.246 e. The van der Waals surface area contributed by atoms with Crippen LogP contribution in [-0.4, -0.2) is 36.3 Å². The third-order valence-electron chi connectivity index (χ3n) is 5.07. The lowest BCUT2D eigenvalue weighted by Crippen LogP contribution is -2.45. The van der Waals surface area contributed by atoms with Crippen LogP contribution in [0, 0.1) is 0 Å². The number of carbonyl (C=O) groups is 2. The Morgan fingerprint density at radius 1 is 1.15 bits per heavy atom. The highest BCUT2D eigenvalue weighted by molar-refractivity contribution is 5.89. The monoisotopic (exact) mass is 369 g/mol. The number of benzene rings is 1. The molecule has 1 aliphatic carbocycles. The number of furan rings is 1. The minimum atomic E-state index is -0.697. The average molecular weight is 369 g/mol. The van der Waals surface area contributed by atoms with Gasteiger partial charge in [-0.15, -0.1) is 0 Å². The third-order valence-corrected chi connectivity index (χ3v) is 5.07. The van der Waals surface area contributed by atoms with Crippen molar-refractivity contribution in [2.75, 3.05) is 13.6 Å². The largest absolute Gasteiger partial charge is 0.468 e. The summed E-state index contributed by atoms with van der Waals surface area (Å²) in [5.41, 5.74) is 0.767. The highest BCUT2D eigenvalue weighted by Crippen LogP contribution is 2.25. The maximum Gasteiger partial charge on any atom is 0.246 e. The Bertz CT molecular complexity index is 724. The minimum absolute atomic E-state index is 0.161. The minimum Gasteiger partial charge on any atom is -0.468 e. The SMILES string of the molecule is CNC(=O)C(NC(=O)CN(Cc1ccco1)C1CCCC1)c1ccccc1. The van der Waals surface area contributed by atoms with E-state index >= 15 is 0 Å². The predicted octanol–water partition coefficient (Wildman–Crippen LogP) is 2.63. The average Bonchev–Trinajstić information content (AvgIpc) is 3.39. The van der Waals surface area contributed by atoms with Crippen molar-refractivity contribution in [2.24, 2.45) is 0 Å². The van der Waals surface area contributed by atoms with Crippen LogP contribution >= 0.6 is 0 Å². The fourth-order valence-corrected chi connectivity index (χ4v) is 3.67. The van der Waals surface area contributed by atoms with Crippen molar-refractivity contribution in [3.8, 4) is 0 Å². The molecule has 0 aliphatic heterocycles. The number of likely N-dealkylation sites (N-methyl/N-ethyl adjacent to an activating group) is 1. The van der Waals surface area contributed by atoms with Gasteiger partial charge in [0.05, 0.1) is 19.4 Å². The maximum absolute atomic E-state index is 12.8. The molecule has 27 heavy (non-hydrogen) atoms. The lowest BCUT2D eigenvalue weighted by molar-refractivity contribution is -0.129. The molecule has 6 nitrogen and oxygen atoms in total. The molecule has 1 saturated carbocycles. The van der Waals surface area contributed by atoms with Crippen molar-refractivity contribution < 1.29 is 14.0 Å².